The molecule has 36 heavy (non-hydrogen) atoms. The van der Waals surface area contributed by atoms with Gasteiger partial charge < -0.3 is 14.8 Å². The molecular weight excluding hydrogens is 452 g/mol. The molecule has 5 rings (SSSR count). The molecule has 0 spiro atoms. The number of hydrogen-bond donors (Lipinski definition) is 1. The lowest BCUT2D eigenvalue weighted by atomic mass is 10.0. The third-order valence-electron chi connectivity index (χ3n) is 5.82. The maximum Gasteiger partial charge on any atom is 0.262 e. The molecule has 7 nitrogen and oxygen atoms in total. The molecule has 2 heterocycles. The minimum atomic E-state index is -0.446. The first-order valence-electron chi connectivity index (χ1n) is 11.6. The number of fused-ring (bicyclic) bond motifs is 1. The van der Waals surface area contributed by atoms with Crippen molar-refractivity contribution in [3.05, 3.63) is 101 Å². The summed E-state index contributed by atoms with van der Waals surface area (Å²) in [6.45, 7) is 3.32. The van der Waals surface area contributed by atoms with Crippen molar-refractivity contribution >= 4 is 12.0 Å². The standard InChI is InChI=1S/C29H24N4O3/c1-20-7-9-21(10-8-20)18-31-29(34)23(17-30)15-24-19-33(25-5-3-2-4-6-25)32-28(24)22-11-12-26-27(16-22)36-14-13-35-26/h2-12,15-16,19H,13-14,18H2,1H3,(H,31,34)/b23-15+. The second-order valence-corrected chi connectivity index (χ2v) is 8.41. The van der Waals surface area contributed by atoms with Gasteiger partial charge in [0.1, 0.15) is 30.6 Å². The molecule has 0 aliphatic carbocycles. The maximum atomic E-state index is 12.9. The molecule has 1 aliphatic heterocycles. The van der Waals surface area contributed by atoms with Crippen LogP contribution in [0, 0.1) is 18.3 Å². The van der Waals surface area contributed by atoms with Crippen molar-refractivity contribution in [1.82, 2.24) is 15.1 Å². The average Bonchev–Trinajstić information content (AvgIpc) is 3.35. The molecule has 0 radical (unpaired) electrons. The van der Waals surface area contributed by atoms with Crippen molar-refractivity contribution in [3.63, 3.8) is 0 Å². The van der Waals surface area contributed by atoms with Crippen LogP contribution in [-0.4, -0.2) is 28.9 Å². The van der Waals surface area contributed by atoms with Gasteiger partial charge in [0.25, 0.3) is 5.91 Å². The van der Waals surface area contributed by atoms with Crippen LogP contribution in [0.5, 0.6) is 11.5 Å². The molecule has 7 heteroatoms. The van der Waals surface area contributed by atoms with Gasteiger partial charge in [0.2, 0.25) is 0 Å². The number of carbonyl (C=O) groups is 1. The minimum absolute atomic E-state index is 0.00600. The van der Waals surface area contributed by atoms with Gasteiger partial charge in [0.05, 0.1) is 5.69 Å². The Morgan fingerprint density at radius 2 is 1.81 bits per heavy atom. The molecular formula is C29H24N4O3. The van der Waals surface area contributed by atoms with E-state index in [0.29, 0.717) is 42.5 Å². The van der Waals surface area contributed by atoms with E-state index in [2.05, 4.69) is 5.32 Å². The van der Waals surface area contributed by atoms with Crippen LogP contribution in [0.4, 0.5) is 0 Å². The van der Waals surface area contributed by atoms with Crippen LogP contribution in [0.1, 0.15) is 16.7 Å². The number of nitrogens with zero attached hydrogens (tertiary/aromatic N) is 3. The Hall–Kier alpha value is -4.83. The summed E-state index contributed by atoms with van der Waals surface area (Å²) < 4.78 is 13.1. The van der Waals surface area contributed by atoms with Crippen LogP contribution >= 0.6 is 0 Å². The molecule has 178 valence electrons. The lowest BCUT2D eigenvalue weighted by molar-refractivity contribution is -0.117. The minimum Gasteiger partial charge on any atom is -0.486 e. The predicted octanol–water partition coefficient (Wildman–Crippen LogP) is 4.84. The maximum absolute atomic E-state index is 12.9. The highest BCUT2D eigenvalue weighted by atomic mass is 16.6. The molecule has 4 aromatic rings. The van der Waals surface area contributed by atoms with Gasteiger partial charge >= 0.3 is 0 Å². The fourth-order valence-electron chi connectivity index (χ4n) is 3.91. The fraction of sp³-hybridized carbons (Fsp3) is 0.138. The second kappa shape index (κ2) is 10.2. The SMILES string of the molecule is Cc1ccc(CNC(=O)/C(C#N)=C/c2cn(-c3ccccc3)nc2-c2ccc3c(c2)OCCO3)cc1. The summed E-state index contributed by atoms with van der Waals surface area (Å²) in [5.41, 5.74) is 5.00. The van der Waals surface area contributed by atoms with Crippen molar-refractivity contribution < 1.29 is 14.3 Å². The zero-order valence-corrected chi connectivity index (χ0v) is 19.8. The summed E-state index contributed by atoms with van der Waals surface area (Å²) in [6.07, 6.45) is 3.38. The zero-order chi connectivity index (χ0) is 24.9. The van der Waals surface area contributed by atoms with Gasteiger partial charge in [-0.3, -0.25) is 4.79 Å². The van der Waals surface area contributed by atoms with Crippen LogP contribution < -0.4 is 14.8 Å². The van der Waals surface area contributed by atoms with Crippen LogP contribution in [0.3, 0.4) is 0 Å². The summed E-state index contributed by atoms with van der Waals surface area (Å²) in [7, 11) is 0. The first-order chi connectivity index (χ1) is 17.6. The lowest BCUT2D eigenvalue weighted by Crippen LogP contribution is -2.23. The third kappa shape index (κ3) is 4.98. The molecule has 1 amide bonds. The quantitative estimate of drug-likeness (QED) is 0.318. The van der Waals surface area contributed by atoms with E-state index in [4.69, 9.17) is 14.6 Å². The monoisotopic (exact) mass is 476 g/mol. The first-order valence-corrected chi connectivity index (χ1v) is 11.6. The number of para-hydroxylation sites is 1. The van der Waals surface area contributed by atoms with E-state index in [1.54, 1.807) is 10.8 Å². The van der Waals surface area contributed by atoms with Gasteiger partial charge in [0.15, 0.2) is 11.5 Å². The first kappa shape index (κ1) is 22.9. The van der Waals surface area contributed by atoms with Gasteiger partial charge in [-0.15, -0.1) is 0 Å². The van der Waals surface area contributed by atoms with Gasteiger partial charge in [-0.1, -0.05) is 48.0 Å². The molecule has 0 unspecified atom stereocenters. The number of ether oxygens (including phenoxy) is 2. The molecule has 1 aliphatic rings. The largest absolute Gasteiger partial charge is 0.486 e. The summed E-state index contributed by atoms with van der Waals surface area (Å²) in [5.74, 6) is 0.871. The number of carbonyl (C=O) groups excluding carboxylic acids is 1. The zero-order valence-electron chi connectivity index (χ0n) is 19.8. The molecule has 0 bridgehead atoms. The van der Waals surface area contributed by atoms with Crippen LogP contribution in [0.15, 0.2) is 84.6 Å². The molecule has 1 N–H and O–H groups in total. The van der Waals surface area contributed by atoms with Crippen molar-refractivity contribution in [2.24, 2.45) is 0 Å². The Labute approximate surface area is 209 Å². The number of aromatic nitrogens is 2. The Balaban J connectivity index is 1.49. The third-order valence-corrected chi connectivity index (χ3v) is 5.82. The van der Waals surface area contributed by atoms with E-state index in [-0.39, 0.29) is 5.57 Å². The van der Waals surface area contributed by atoms with Crippen molar-refractivity contribution in [3.8, 4) is 34.5 Å². The van der Waals surface area contributed by atoms with Gasteiger partial charge in [-0.25, -0.2) is 4.68 Å². The van der Waals surface area contributed by atoms with Crippen LogP contribution in [0.25, 0.3) is 23.0 Å². The highest BCUT2D eigenvalue weighted by Crippen LogP contribution is 2.35. The van der Waals surface area contributed by atoms with E-state index in [1.165, 1.54) is 0 Å². The second-order valence-electron chi connectivity index (χ2n) is 8.41. The highest BCUT2D eigenvalue weighted by molar-refractivity contribution is 6.02. The molecule has 0 saturated heterocycles. The van der Waals surface area contributed by atoms with E-state index in [0.717, 1.165) is 22.4 Å². The van der Waals surface area contributed by atoms with Crippen LogP contribution in [-0.2, 0) is 11.3 Å². The predicted molar refractivity (Wildman–Crippen MR) is 137 cm³/mol. The normalized spacial score (nSPS) is 12.6. The summed E-state index contributed by atoms with van der Waals surface area (Å²) in [6, 6.07) is 25.2. The number of aryl methyl sites for hydroxylation is 1. The molecule has 3 aromatic carbocycles. The lowest BCUT2D eigenvalue weighted by Gasteiger charge is -2.18. The van der Waals surface area contributed by atoms with Gasteiger partial charge in [-0.2, -0.15) is 10.4 Å². The highest BCUT2D eigenvalue weighted by Gasteiger charge is 2.18. The molecule has 0 saturated carbocycles. The number of amides is 1. The topological polar surface area (TPSA) is 89.2 Å². The molecule has 0 atom stereocenters. The van der Waals surface area contributed by atoms with Crippen molar-refractivity contribution in [1.29, 1.82) is 5.26 Å². The number of rotatable bonds is 6. The Morgan fingerprint density at radius 1 is 1.06 bits per heavy atom. The van der Waals surface area contributed by atoms with Crippen LogP contribution in [0.2, 0.25) is 0 Å². The van der Waals surface area contributed by atoms with Crippen molar-refractivity contribution in [2.75, 3.05) is 13.2 Å². The number of nitriles is 1. The van der Waals surface area contributed by atoms with E-state index < -0.39 is 5.91 Å². The van der Waals surface area contributed by atoms with Crippen molar-refractivity contribution in [2.45, 2.75) is 13.5 Å². The summed E-state index contributed by atoms with van der Waals surface area (Å²) in [5, 5.41) is 17.4. The Kier molecular flexibility index (Phi) is 6.50. The summed E-state index contributed by atoms with van der Waals surface area (Å²) >= 11 is 0. The van der Waals surface area contributed by atoms with E-state index in [9.17, 15) is 10.1 Å². The van der Waals surface area contributed by atoms with Gasteiger partial charge in [-0.05, 0) is 48.9 Å². The van der Waals surface area contributed by atoms with E-state index >= 15 is 0 Å². The number of nitrogens with one attached hydrogen (secondary N) is 1. The Bertz CT molecular complexity index is 1460. The molecule has 0 fully saturated rings. The summed E-state index contributed by atoms with van der Waals surface area (Å²) in [4.78, 5) is 12.9. The number of benzene rings is 3. The van der Waals surface area contributed by atoms with E-state index in [1.807, 2.05) is 92.0 Å². The number of hydrogen-bond acceptors (Lipinski definition) is 5. The average molecular weight is 477 g/mol. The smallest absolute Gasteiger partial charge is 0.262 e. The Morgan fingerprint density at radius 3 is 2.56 bits per heavy atom. The fourth-order valence-corrected chi connectivity index (χ4v) is 3.91. The van der Waals surface area contributed by atoms with Gasteiger partial charge in [0, 0.05) is 23.9 Å². The molecule has 1 aromatic heterocycles.